The minimum absolute atomic E-state index is 0.302. The maximum absolute atomic E-state index is 12.6. The van der Waals surface area contributed by atoms with Gasteiger partial charge in [0.15, 0.2) is 5.65 Å². The number of H-pyrrole nitrogens is 1. The predicted molar refractivity (Wildman–Crippen MR) is 97.1 cm³/mol. The Morgan fingerprint density at radius 1 is 1.23 bits per heavy atom. The highest BCUT2D eigenvalue weighted by atomic mass is 16.3. The molecule has 3 heterocycles. The molecule has 0 aliphatic carbocycles. The van der Waals surface area contributed by atoms with Gasteiger partial charge in [-0.2, -0.15) is 5.10 Å². The molecule has 0 bridgehead atoms. The van der Waals surface area contributed by atoms with Crippen LogP contribution in [0.15, 0.2) is 30.3 Å². The van der Waals surface area contributed by atoms with E-state index in [0.717, 1.165) is 22.4 Å². The quantitative estimate of drug-likeness (QED) is 0.526. The first kappa shape index (κ1) is 16.2. The molecular weight excluding hydrogens is 332 g/mol. The molecule has 0 radical (unpaired) electrons. The van der Waals surface area contributed by atoms with E-state index >= 15 is 0 Å². The van der Waals surface area contributed by atoms with E-state index in [0.29, 0.717) is 22.9 Å². The number of nitrogens with one attached hydrogen (secondary N) is 2. The number of aromatic nitrogens is 5. The summed E-state index contributed by atoms with van der Waals surface area (Å²) in [5.74, 6) is 0.186. The number of aryl methyl sites for hydroxylation is 2. The van der Waals surface area contributed by atoms with E-state index in [1.54, 1.807) is 35.7 Å². The summed E-state index contributed by atoms with van der Waals surface area (Å²) in [4.78, 5) is 24.3. The van der Waals surface area contributed by atoms with E-state index in [9.17, 15) is 9.90 Å². The van der Waals surface area contributed by atoms with Crippen molar-refractivity contribution in [1.29, 1.82) is 0 Å². The molecule has 1 amide bonds. The van der Waals surface area contributed by atoms with Gasteiger partial charge in [0.1, 0.15) is 17.6 Å². The molecule has 0 spiro atoms. The maximum Gasteiger partial charge on any atom is 0.274 e. The lowest BCUT2D eigenvalue weighted by Crippen LogP contribution is -2.15. The van der Waals surface area contributed by atoms with Crippen LogP contribution in [0, 0.1) is 13.8 Å². The lowest BCUT2D eigenvalue weighted by atomic mass is 10.2. The molecule has 3 N–H and O–H groups in total. The van der Waals surface area contributed by atoms with Crippen LogP contribution in [-0.4, -0.2) is 35.6 Å². The third-order valence-corrected chi connectivity index (χ3v) is 4.11. The van der Waals surface area contributed by atoms with E-state index in [4.69, 9.17) is 0 Å². The first-order valence-corrected chi connectivity index (χ1v) is 8.24. The Hall–Kier alpha value is -3.26. The Morgan fingerprint density at radius 2 is 2.04 bits per heavy atom. The number of carbonyl (C=O) groups excluding carboxylic acids is 1. The number of nitrogens with zero attached hydrogens (tertiary/aromatic N) is 4. The second-order valence-electron chi connectivity index (χ2n) is 6.32. The Bertz CT molecular complexity index is 1140. The molecule has 1 atom stereocenters. The van der Waals surface area contributed by atoms with Gasteiger partial charge in [0.2, 0.25) is 0 Å². The fraction of sp³-hybridized carbons (Fsp3) is 0.222. The molecule has 1 unspecified atom stereocenters. The van der Waals surface area contributed by atoms with E-state index in [1.165, 1.54) is 0 Å². The largest absolute Gasteiger partial charge is 0.385 e. The molecule has 4 aromatic rings. The van der Waals surface area contributed by atoms with Crippen LogP contribution in [0.1, 0.15) is 40.7 Å². The van der Waals surface area contributed by atoms with Gasteiger partial charge in [-0.25, -0.2) is 14.5 Å². The van der Waals surface area contributed by atoms with Crippen molar-refractivity contribution in [3.8, 4) is 0 Å². The Balaban J connectivity index is 1.64. The van der Waals surface area contributed by atoms with Gasteiger partial charge in [0.05, 0.1) is 16.7 Å². The fourth-order valence-electron chi connectivity index (χ4n) is 2.86. The first-order valence-electron chi connectivity index (χ1n) is 8.24. The number of aromatic amines is 1. The molecule has 3 aromatic heterocycles. The smallest absolute Gasteiger partial charge is 0.274 e. The summed E-state index contributed by atoms with van der Waals surface area (Å²) < 4.78 is 1.71. The van der Waals surface area contributed by atoms with Crippen molar-refractivity contribution in [3.63, 3.8) is 0 Å². The predicted octanol–water partition coefficient (Wildman–Crippen LogP) is 2.53. The summed E-state index contributed by atoms with van der Waals surface area (Å²) >= 11 is 0. The first-order chi connectivity index (χ1) is 12.4. The van der Waals surface area contributed by atoms with Crippen molar-refractivity contribution in [2.24, 2.45) is 0 Å². The number of carbonyl (C=O) groups is 1. The highest BCUT2D eigenvalue weighted by Crippen LogP contribution is 2.20. The van der Waals surface area contributed by atoms with Crippen LogP contribution in [0.3, 0.4) is 0 Å². The number of hydrogen-bond donors (Lipinski definition) is 3. The van der Waals surface area contributed by atoms with Crippen LogP contribution in [0.4, 0.5) is 5.69 Å². The van der Waals surface area contributed by atoms with Gasteiger partial charge in [-0.3, -0.25) is 4.79 Å². The molecule has 0 aliphatic heterocycles. The number of aliphatic hydroxyl groups excluding tert-OH is 1. The molecular formula is C18H18N6O2. The second-order valence-corrected chi connectivity index (χ2v) is 6.32. The SMILES string of the molecule is Cc1cc2nc(C(=O)Nc3ccc4nc(C(C)O)[nH]c4c3)cc(C)n2n1. The molecule has 1 aromatic carbocycles. The molecule has 0 saturated carbocycles. The molecule has 132 valence electrons. The van der Waals surface area contributed by atoms with Gasteiger partial charge in [-0.05, 0) is 45.0 Å². The Morgan fingerprint density at radius 3 is 2.81 bits per heavy atom. The number of benzene rings is 1. The fourth-order valence-corrected chi connectivity index (χ4v) is 2.86. The summed E-state index contributed by atoms with van der Waals surface area (Å²) in [6.07, 6.45) is -0.682. The normalized spacial score (nSPS) is 12.6. The average molecular weight is 350 g/mol. The van der Waals surface area contributed by atoms with Gasteiger partial charge in [0, 0.05) is 17.4 Å². The lowest BCUT2D eigenvalue weighted by molar-refractivity contribution is 0.102. The van der Waals surface area contributed by atoms with Gasteiger partial charge in [-0.15, -0.1) is 0 Å². The summed E-state index contributed by atoms with van der Waals surface area (Å²) in [5.41, 5.74) is 4.72. The average Bonchev–Trinajstić information content (AvgIpc) is 3.17. The van der Waals surface area contributed by atoms with E-state index in [-0.39, 0.29) is 5.91 Å². The lowest BCUT2D eigenvalue weighted by Gasteiger charge is -2.06. The molecule has 0 fully saturated rings. The molecule has 8 heteroatoms. The Kier molecular flexibility index (Phi) is 3.69. The third kappa shape index (κ3) is 2.80. The zero-order valence-corrected chi connectivity index (χ0v) is 14.6. The van der Waals surface area contributed by atoms with E-state index in [1.807, 2.05) is 19.9 Å². The molecule has 4 rings (SSSR count). The monoisotopic (exact) mass is 350 g/mol. The van der Waals surface area contributed by atoms with Gasteiger partial charge in [-0.1, -0.05) is 0 Å². The van der Waals surface area contributed by atoms with Crippen molar-refractivity contribution in [2.75, 3.05) is 5.32 Å². The number of hydrogen-bond acceptors (Lipinski definition) is 5. The molecule has 26 heavy (non-hydrogen) atoms. The minimum atomic E-state index is -0.682. The highest BCUT2D eigenvalue weighted by Gasteiger charge is 2.13. The van der Waals surface area contributed by atoms with Gasteiger partial charge >= 0.3 is 0 Å². The van der Waals surface area contributed by atoms with E-state index in [2.05, 4.69) is 25.4 Å². The maximum atomic E-state index is 12.6. The number of amides is 1. The number of rotatable bonds is 3. The second kappa shape index (κ2) is 5.92. The number of anilines is 1. The van der Waals surface area contributed by atoms with Crippen LogP contribution < -0.4 is 5.32 Å². The van der Waals surface area contributed by atoms with Crippen LogP contribution in [0.5, 0.6) is 0 Å². The van der Waals surface area contributed by atoms with Crippen LogP contribution >= 0.6 is 0 Å². The van der Waals surface area contributed by atoms with Crippen molar-refractivity contribution in [2.45, 2.75) is 26.9 Å². The third-order valence-electron chi connectivity index (χ3n) is 4.11. The van der Waals surface area contributed by atoms with Crippen molar-refractivity contribution >= 4 is 28.3 Å². The van der Waals surface area contributed by atoms with E-state index < -0.39 is 6.10 Å². The van der Waals surface area contributed by atoms with Gasteiger partial charge < -0.3 is 15.4 Å². The number of fused-ring (bicyclic) bond motifs is 2. The Labute approximate surface area is 148 Å². The number of imidazole rings is 1. The van der Waals surface area contributed by atoms with Gasteiger partial charge in [0.25, 0.3) is 5.91 Å². The van der Waals surface area contributed by atoms with Crippen LogP contribution in [0.2, 0.25) is 0 Å². The molecule has 0 saturated heterocycles. The zero-order valence-electron chi connectivity index (χ0n) is 14.6. The summed E-state index contributed by atoms with van der Waals surface area (Å²) in [7, 11) is 0. The summed E-state index contributed by atoms with van der Waals surface area (Å²) in [6.45, 7) is 5.41. The molecule has 0 aliphatic rings. The van der Waals surface area contributed by atoms with Crippen LogP contribution in [-0.2, 0) is 0 Å². The van der Waals surface area contributed by atoms with Crippen molar-refractivity contribution < 1.29 is 9.90 Å². The summed E-state index contributed by atoms with van der Waals surface area (Å²) in [6, 6.07) is 8.87. The van der Waals surface area contributed by atoms with Crippen molar-refractivity contribution in [3.05, 3.63) is 53.2 Å². The number of aliphatic hydroxyl groups is 1. The standard InChI is InChI=1S/C18H18N6O2/c1-9-6-16-20-15(7-10(2)24(16)23-9)18(26)19-12-4-5-13-14(8-12)22-17(21-13)11(3)25/h4-8,11,25H,1-3H3,(H,19,26)(H,21,22). The van der Waals surface area contributed by atoms with Crippen LogP contribution in [0.25, 0.3) is 16.7 Å². The molecule has 8 nitrogen and oxygen atoms in total. The zero-order chi connectivity index (χ0) is 18.4. The minimum Gasteiger partial charge on any atom is -0.385 e. The van der Waals surface area contributed by atoms with Crippen molar-refractivity contribution in [1.82, 2.24) is 24.6 Å². The summed E-state index contributed by atoms with van der Waals surface area (Å²) in [5, 5.41) is 16.8. The topological polar surface area (TPSA) is 108 Å². The highest BCUT2D eigenvalue weighted by molar-refractivity contribution is 6.04.